The molecule has 20 heavy (non-hydrogen) atoms. The molecule has 0 aliphatic carbocycles. The Morgan fingerprint density at radius 2 is 1.90 bits per heavy atom. The highest BCUT2D eigenvalue weighted by Crippen LogP contribution is 2.17. The summed E-state index contributed by atoms with van der Waals surface area (Å²) in [6.45, 7) is 8.07. The van der Waals surface area contributed by atoms with Crippen molar-refractivity contribution >= 4 is 16.7 Å². The van der Waals surface area contributed by atoms with Crippen LogP contribution in [0, 0.1) is 5.92 Å². The predicted molar refractivity (Wildman–Crippen MR) is 83.9 cm³/mol. The van der Waals surface area contributed by atoms with Gasteiger partial charge in [-0.2, -0.15) is 0 Å². The molecule has 2 N–H and O–H groups in total. The monoisotopic (exact) mass is 272 g/mol. The van der Waals surface area contributed by atoms with Crippen LogP contribution >= 0.6 is 0 Å². The van der Waals surface area contributed by atoms with Gasteiger partial charge in [0.1, 0.15) is 0 Å². The van der Waals surface area contributed by atoms with E-state index in [2.05, 4.69) is 42.3 Å². The van der Waals surface area contributed by atoms with Crippen molar-refractivity contribution in [1.29, 1.82) is 0 Å². The maximum absolute atomic E-state index is 12.3. The van der Waals surface area contributed by atoms with Crippen molar-refractivity contribution in [2.24, 2.45) is 5.92 Å². The molecule has 0 saturated heterocycles. The zero-order valence-electron chi connectivity index (χ0n) is 12.7. The summed E-state index contributed by atoms with van der Waals surface area (Å²) in [6, 6.07) is 10.5. The molecule has 1 atom stereocenters. The molecule has 2 rings (SSSR count). The summed E-state index contributed by atoms with van der Waals surface area (Å²) in [6.07, 6.45) is 0.712. The first kappa shape index (κ1) is 14.8. The summed E-state index contributed by atoms with van der Waals surface area (Å²) >= 11 is 0. The maximum atomic E-state index is 12.3. The normalized spacial score (nSPS) is 13.3. The number of ketones is 1. The van der Waals surface area contributed by atoms with E-state index in [4.69, 9.17) is 0 Å². The van der Waals surface area contributed by atoms with Gasteiger partial charge in [0.15, 0.2) is 5.78 Å². The van der Waals surface area contributed by atoms with Gasteiger partial charge in [0.25, 0.3) is 0 Å². The van der Waals surface area contributed by atoms with E-state index in [9.17, 15) is 4.79 Å². The highest BCUT2D eigenvalue weighted by molar-refractivity contribution is 5.86. The van der Waals surface area contributed by atoms with E-state index < -0.39 is 0 Å². The van der Waals surface area contributed by atoms with E-state index >= 15 is 0 Å². The van der Waals surface area contributed by atoms with Crippen molar-refractivity contribution in [2.75, 3.05) is 0 Å². The minimum absolute atomic E-state index is 0.0515. The van der Waals surface area contributed by atoms with Gasteiger partial charge in [-0.15, -0.1) is 0 Å². The van der Waals surface area contributed by atoms with Gasteiger partial charge in [0.2, 0.25) is 0 Å². The fourth-order valence-corrected chi connectivity index (χ4v) is 2.51. The number of hydrogen-bond donors (Lipinski definition) is 2. The standard InChI is InChI=1S/C17H24N2O/c1-11(2)17(20)16(18-12(3)4)10-14-9-13-7-5-6-8-15(13)19-14/h5-9,11-12,16,18-19H,10H2,1-4H3. The summed E-state index contributed by atoms with van der Waals surface area (Å²) in [5.41, 5.74) is 2.24. The molecule has 0 radical (unpaired) electrons. The Kier molecular flexibility index (Phi) is 4.61. The molecule has 0 bridgehead atoms. The number of fused-ring (bicyclic) bond motifs is 1. The van der Waals surface area contributed by atoms with Crippen LogP contribution in [0.1, 0.15) is 33.4 Å². The lowest BCUT2D eigenvalue weighted by atomic mass is 9.97. The van der Waals surface area contributed by atoms with Crippen molar-refractivity contribution in [3.63, 3.8) is 0 Å². The second kappa shape index (κ2) is 6.23. The number of para-hydroxylation sites is 1. The van der Waals surface area contributed by atoms with Crippen LogP contribution < -0.4 is 5.32 Å². The van der Waals surface area contributed by atoms with E-state index in [-0.39, 0.29) is 17.7 Å². The van der Waals surface area contributed by atoms with Crippen molar-refractivity contribution < 1.29 is 4.79 Å². The van der Waals surface area contributed by atoms with Crippen LogP contribution in [0.15, 0.2) is 30.3 Å². The van der Waals surface area contributed by atoms with Gasteiger partial charge in [-0.1, -0.05) is 45.9 Å². The average Bonchev–Trinajstić information content (AvgIpc) is 2.78. The van der Waals surface area contributed by atoms with Gasteiger partial charge in [0.05, 0.1) is 6.04 Å². The number of H-pyrrole nitrogens is 1. The summed E-state index contributed by atoms with van der Waals surface area (Å²) in [7, 11) is 0. The SMILES string of the molecule is CC(C)NC(Cc1cc2ccccc2[nH]1)C(=O)C(C)C. The third-order valence-electron chi connectivity index (χ3n) is 3.46. The molecule has 108 valence electrons. The lowest BCUT2D eigenvalue weighted by Gasteiger charge is -2.21. The van der Waals surface area contributed by atoms with Gasteiger partial charge < -0.3 is 10.3 Å². The predicted octanol–water partition coefficient (Wildman–Crippen LogP) is 3.30. The Balaban J connectivity index is 2.19. The Labute approximate surface area is 120 Å². The minimum Gasteiger partial charge on any atom is -0.358 e. The third kappa shape index (κ3) is 3.48. The fourth-order valence-electron chi connectivity index (χ4n) is 2.51. The molecule has 1 unspecified atom stereocenters. The van der Waals surface area contributed by atoms with Crippen LogP contribution in [0.3, 0.4) is 0 Å². The topological polar surface area (TPSA) is 44.9 Å². The van der Waals surface area contributed by atoms with Crippen LogP contribution in [-0.2, 0) is 11.2 Å². The van der Waals surface area contributed by atoms with Crippen LogP contribution in [0.25, 0.3) is 10.9 Å². The van der Waals surface area contributed by atoms with E-state index in [0.29, 0.717) is 12.5 Å². The summed E-state index contributed by atoms with van der Waals surface area (Å²) in [5.74, 6) is 0.327. The highest BCUT2D eigenvalue weighted by Gasteiger charge is 2.22. The van der Waals surface area contributed by atoms with Crippen LogP contribution in [0.2, 0.25) is 0 Å². The zero-order valence-corrected chi connectivity index (χ0v) is 12.7. The number of benzene rings is 1. The lowest BCUT2D eigenvalue weighted by Crippen LogP contribution is -2.44. The van der Waals surface area contributed by atoms with Crippen molar-refractivity contribution in [2.45, 2.75) is 46.2 Å². The first-order valence-electron chi connectivity index (χ1n) is 7.33. The molecule has 0 spiro atoms. The van der Waals surface area contributed by atoms with Crippen LogP contribution in [0.5, 0.6) is 0 Å². The average molecular weight is 272 g/mol. The molecular formula is C17H24N2O. The first-order chi connectivity index (χ1) is 9.47. The lowest BCUT2D eigenvalue weighted by molar-refractivity contribution is -0.124. The number of nitrogens with one attached hydrogen (secondary N) is 2. The van der Waals surface area contributed by atoms with Crippen LogP contribution in [0.4, 0.5) is 0 Å². The molecule has 0 aliphatic rings. The smallest absolute Gasteiger partial charge is 0.152 e. The Hall–Kier alpha value is -1.61. The number of aromatic amines is 1. The molecule has 0 amide bonds. The number of rotatable bonds is 6. The molecular weight excluding hydrogens is 248 g/mol. The van der Waals surface area contributed by atoms with Gasteiger partial charge >= 0.3 is 0 Å². The van der Waals surface area contributed by atoms with Gasteiger partial charge in [-0.05, 0) is 17.5 Å². The number of Topliss-reactive ketones (excluding diaryl/α,β-unsaturated/α-hetero) is 1. The van der Waals surface area contributed by atoms with Gasteiger partial charge in [-0.25, -0.2) is 0 Å². The Bertz CT molecular complexity index is 550. The molecule has 2 aromatic rings. The Morgan fingerprint density at radius 3 is 2.50 bits per heavy atom. The summed E-state index contributed by atoms with van der Waals surface area (Å²) in [4.78, 5) is 15.7. The van der Waals surface area contributed by atoms with Gasteiger partial charge in [-0.3, -0.25) is 4.79 Å². The molecule has 0 saturated carbocycles. The largest absolute Gasteiger partial charge is 0.358 e. The Morgan fingerprint density at radius 1 is 1.20 bits per heavy atom. The molecule has 3 heteroatoms. The summed E-state index contributed by atoms with van der Waals surface area (Å²) in [5, 5.41) is 4.58. The van der Waals surface area contributed by atoms with Crippen molar-refractivity contribution in [3.8, 4) is 0 Å². The highest BCUT2D eigenvalue weighted by atomic mass is 16.1. The van der Waals surface area contributed by atoms with Crippen molar-refractivity contribution in [3.05, 3.63) is 36.0 Å². The van der Waals surface area contributed by atoms with E-state index in [1.165, 1.54) is 5.39 Å². The minimum atomic E-state index is -0.122. The second-order valence-corrected chi connectivity index (χ2v) is 6.02. The molecule has 0 fully saturated rings. The van der Waals surface area contributed by atoms with E-state index in [0.717, 1.165) is 11.2 Å². The molecule has 0 aliphatic heterocycles. The third-order valence-corrected chi connectivity index (χ3v) is 3.46. The number of hydrogen-bond acceptors (Lipinski definition) is 2. The second-order valence-electron chi connectivity index (χ2n) is 6.02. The maximum Gasteiger partial charge on any atom is 0.152 e. The zero-order chi connectivity index (χ0) is 14.7. The number of carbonyl (C=O) groups excluding carboxylic acids is 1. The molecule has 3 nitrogen and oxygen atoms in total. The van der Waals surface area contributed by atoms with E-state index in [1.54, 1.807) is 0 Å². The fraction of sp³-hybridized carbons (Fsp3) is 0.471. The number of aromatic nitrogens is 1. The molecule has 1 aromatic heterocycles. The molecule has 1 aromatic carbocycles. The van der Waals surface area contributed by atoms with Crippen molar-refractivity contribution in [1.82, 2.24) is 10.3 Å². The first-order valence-corrected chi connectivity index (χ1v) is 7.33. The van der Waals surface area contributed by atoms with Gasteiger partial charge in [0, 0.05) is 29.6 Å². The number of carbonyl (C=O) groups is 1. The van der Waals surface area contributed by atoms with Crippen LogP contribution in [-0.4, -0.2) is 22.9 Å². The van der Waals surface area contributed by atoms with E-state index in [1.807, 2.05) is 26.0 Å². The quantitative estimate of drug-likeness (QED) is 0.847. The summed E-state index contributed by atoms with van der Waals surface area (Å²) < 4.78 is 0. The molecule has 1 heterocycles.